The smallest absolute Gasteiger partial charge is 0.330 e. The Balaban J connectivity index is 1.41. The van der Waals surface area contributed by atoms with E-state index in [1.807, 2.05) is 0 Å². The molecule has 1 aliphatic rings. The largest absolute Gasteiger partial charge is 0.493 e. The van der Waals surface area contributed by atoms with Crippen LogP contribution in [-0.2, 0) is 24.3 Å². The molecule has 1 saturated heterocycles. The van der Waals surface area contributed by atoms with Crippen LogP contribution < -0.4 is 4.74 Å². The molecule has 0 unspecified atom stereocenters. The van der Waals surface area contributed by atoms with Gasteiger partial charge in [0.15, 0.2) is 0 Å². The molecule has 0 bridgehead atoms. The van der Waals surface area contributed by atoms with E-state index < -0.39 is 16.0 Å². The summed E-state index contributed by atoms with van der Waals surface area (Å²) in [5, 5.41) is 0. The summed E-state index contributed by atoms with van der Waals surface area (Å²) in [6.07, 6.45) is 3.33. The predicted molar refractivity (Wildman–Crippen MR) is 113 cm³/mol. The zero-order chi connectivity index (χ0) is 22.1. The second-order valence-corrected chi connectivity index (χ2v) is 8.68. The molecule has 0 spiro atoms. The molecule has 2 aromatic rings. The zero-order valence-corrected chi connectivity index (χ0v) is 17.7. The normalized spacial score (nSPS) is 15.1. The third-order valence-corrected chi connectivity index (χ3v) is 6.43. The quantitative estimate of drug-likeness (QED) is 0.333. The Bertz CT molecular complexity index is 984. The van der Waals surface area contributed by atoms with Gasteiger partial charge in [0.1, 0.15) is 11.6 Å². The van der Waals surface area contributed by atoms with Gasteiger partial charge in [0.2, 0.25) is 10.0 Å². The van der Waals surface area contributed by atoms with Crippen molar-refractivity contribution in [3.05, 3.63) is 66.0 Å². The molecule has 1 fully saturated rings. The zero-order valence-electron chi connectivity index (χ0n) is 16.9. The van der Waals surface area contributed by atoms with Crippen LogP contribution in [0.25, 0.3) is 6.08 Å². The summed E-state index contributed by atoms with van der Waals surface area (Å²) in [4.78, 5) is 12.0. The number of benzene rings is 2. The molecule has 7 nitrogen and oxygen atoms in total. The lowest BCUT2D eigenvalue weighted by molar-refractivity contribution is -0.137. The number of sulfonamides is 1. The van der Waals surface area contributed by atoms with Crippen LogP contribution in [0.2, 0.25) is 0 Å². The fraction of sp³-hybridized carbons (Fsp3) is 0.318. The molecule has 0 amide bonds. The SMILES string of the molecule is O=C(/C=C/c1ccc(S(=O)(=O)N2CCOCC2)cc1)OCCCOc1ccc(F)cc1. The fourth-order valence-electron chi connectivity index (χ4n) is 2.85. The van der Waals surface area contributed by atoms with Crippen LogP contribution in [0, 0.1) is 5.82 Å². The maximum atomic E-state index is 12.8. The second-order valence-electron chi connectivity index (χ2n) is 6.74. The van der Waals surface area contributed by atoms with Crippen LogP contribution >= 0.6 is 0 Å². The molecule has 0 N–H and O–H groups in total. The van der Waals surface area contributed by atoms with Gasteiger partial charge in [-0.25, -0.2) is 17.6 Å². The number of ether oxygens (including phenoxy) is 3. The van der Waals surface area contributed by atoms with Gasteiger partial charge >= 0.3 is 5.97 Å². The van der Waals surface area contributed by atoms with Crippen LogP contribution in [-0.4, -0.2) is 58.2 Å². The summed E-state index contributed by atoms with van der Waals surface area (Å²) >= 11 is 0. The molecule has 2 aromatic carbocycles. The summed E-state index contributed by atoms with van der Waals surface area (Å²) in [6.45, 7) is 1.97. The van der Waals surface area contributed by atoms with Crippen molar-refractivity contribution < 1.29 is 31.8 Å². The average molecular weight is 450 g/mol. The minimum atomic E-state index is -3.54. The van der Waals surface area contributed by atoms with E-state index in [1.165, 1.54) is 46.8 Å². The highest BCUT2D eigenvalue weighted by molar-refractivity contribution is 7.89. The van der Waals surface area contributed by atoms with Crippen molar-refractivity contribution in [3.63, 3.8) is 0 Å². The van der Waals surface area contributed by atoms with Crippen molar-refractivity contribution in [1.29, 1.82) is 0 Å². The van der Waals surface area contributed by atoms with Gasteiger partial charge < -0.3 is 14.2 Å². The van der Waals surface area contributed by atoms with Gasteiger partial charge in [0.05, 0.1) is 31.3 Å². The number of morpholine rings is 1. The molecule has 0 saturated carbocycles. The van der Waals surface area contributed by atoms with E-state index in [1.54, 1.807) is 18.2 Å². The maximum Gasteiger partial charge on any atom is 0.330 e. The van der Waals surface area contributed by atoms with Crippen molar-refractivity contribution in [2.45, 2.75) is 11.3 Å². The number of carbonyl (C=O) groups excluding carboxylic acids is 1. The van der Waals surface area contributed by atoms with E-state index >= 15 is 0 Å². The highest BCUT2D eigenvalue weighted by atomic mass is 32.2. The third kappa shape index (κ3) is 6.88. The lowest BCUT2D eigenvalue weighted by Crippen LogP contribution is -2.40. The van der Waals surface area contributed by atoms with Gasteiger partial charge in [-0.3, -0.25) is 0 Å². The van der Waals surface area contributed by atoms with Gasteiger partial charge in [-0.15, -0.1) is 0 Å². The van der Waals surface area contributed by atoms with E-state index in [2.05, 4.69) is 0 Å². The number of nitrogens with zero attached hydrogens (tertiary/aromatic N) is 1. The molecule has 9 heteroatoms. The Labute approximate surface area is 181 Å². The first-order valence-corrected chi connectivity index (χ1v) is 11.3. The van der Waals surface area contributed by atoms with E-state index in [9.17, 15) is 17.6 Å². The van der Waals surface area contributed by atoms with E-state index in [-0.39, 0.29) is 17.3 Å². The number of esters is 1. The number of carbonyl (C=O) groups is 1. The summed E-state index contributed by atoms with van der Waals surface area (Å²) in [5.41, 5.74) is 0.678. The minimum absolute atomic E-state index is 0.182. The Morgan fingerprint density at radius 2 is 1.71 bits per heavy atom. The average Bonchev–Trinajstić information content (AvgIpc) is 2.79. The van der Waals surface area contributed by atoms with Crippen LogP contribution in [0.1, 0.15) is 12.0 Å². The fourth-order valence-corrected chi connectivity index (χ4v) is 4.26. The maximum absolute atomic E-state index is 12.8. The van der Waals surface area contributed by atoms with Crippen molar-refractivity contribution in [3.8, 4) is 5.75 Å². The Morgan fingerprint density at radius 1 is 1.03 bits per heavy atom. The first-order chi connectivity index (χ1) is 14.9. The minimum Gasteiger partial charge on any atom is -0.493 e. The van der Waals surface area contributed by atoms with Crippen LogP contribution in [0.4, 0.5) is 4.39 Å². The standard InChI is InChI=1S/C22H24FNO6S/c23-19-5-7-20(8-6-19)29-14-1-15-30-22(25)11-4-18-2-9-21(10-3-18)31(26,27)24-12-16-28-17-13-24/h2-11H,1,12-17H2/b11-4+. The molecule has 0 radical (unpaired) electrons. The first kappa shape index (κ1) is 22.9. The van der Waals surface area contributed by atoms with Gasteiger partial charge in [-0.1, -0.05) is 12.1 Å². The van der Waals surface area contributed by atoms with E-state index in [0.717, 1.165) is 0 Å². The molecular formula is C22H24FNO6S. The van der Waals surface area contributed by atoms with Crippen molar-refractivity contribution in [2.75, 3.05) is 39.5 Å². The van der Waals surface area contributed by atoms with Crippen LogP contribution in [0.3, 0.4) is 0 Å². The number of rotatable bonds is 9. The summed E-state index contributed by atoms with van der Waals surface area (Å²) in [6, 6.07) is 12.0. The Hall–Kier alpha value is -2.75. The van der Waals surface area contributed by atoms with Crippen LogP contribution in [0.5, 0.6) is 5.75 Å². The van der Waals surface area contributed by atoms with Gasteiger partial charge in [0.25, 0.3) is 0 Å². The van der Waals surface area contributed by atoms with E-state index in [0.29, 0.717) is 50.6 Å². The van der Waals surface area contributed by atoms with Gasteiger partial charge in [-0.05, 0) is 48.0 Å². The number of hydrogen-bond donors (Lipinski definition) is 0. The van der Waals surface area contributed by atoms with Crippen LogP contribution in [0.15, 0.2) is 59.5 Å². The lowest BCUT2D eigenvalue weighted by atomic mass is 10.2. The molecule has 0 aliphatic carbocycles. The topological polar surface area (TPSA) is 82.1 Å². The second kappa shape index (κ2) is 11.0. The predicted octanol–water partition coefficient (Wildman–Crippen LogP) is 2.87. The molecule has 1 heterocycles. The molecule has 3 rings (SSSR count). The highest BCUT2D eigenvalue weighted by Crippen LogP contribution is 2.18. The summed E-state index contributed by atoms with van der Waals surface area (Å²) in [7, 11) is -3.54. The van der Waals surface area contributed by atoms with Crippen molar-refractivity contribution in [2.24, 2.45) is 0 Å². The van der Waals surface area contributed by atoms with Crippen molar-refractivity contribution in [1.82, 2.24) is 4.31 Å². The molecule has 166 valence electrons. The Morgan fingerprint density at radius 3 is 2.39 bits per heavy atom. The van der Waals surface area contributed by atoms with Gasteiger partial charge in [-0.2, -0.15) is 4.31 Å². The number of hydrogen-bond acceptors (Lipinski definition) is 6. The summed E-state index contributed by atoms with van der Waals surface area (Å²) < 4.78 is 55.1. The van der Waals surface area contributed by atoms with Crippen molar-refractivity contribution >= 4 is 22.1 Å². The Kier molecular flexibility index (Phi) is 8.16. The highest BCUT2D eigenvalue weighted by Gasteiger charge is 2.25. The van der Waals surface area contributed by atoms with E-state index in [4.69, 9.17) is 14.2 Å². The summed E-state index contributed by atoms with van der Waals surface area (Å²) in [5.74, 6) is -0.292. The molecule has 1 aliphatic heterocycles. The molecular weight excluding hydrogens is 425 g/mol. The number of halogens is 1. The first-order valence-electron chi connectivity index (χ1n) is 9.86. The molecule has 0 atom stereocenters. The monoisotopic (exact) mass is 449 g/mol. The molecule has 0 aromatic heterocycles. The molecule has 31 heavy (non-hydrogen) atoms. The third-order valence-electron chi connectivity index (χ3n) is 4.52. The van der Waals surface area contributed by atoms with Gasteiger partial charge in [0, 0.05) is 25.6 Å². The lowest BCUT2D eigenvalue weighted by Gasteiger charge is -2.26.